The predicted molar refractivity (Wildman–Crippen MR) is 70.6 cm³/mol. The Labute approximate surface area is 107 Å². The molecule has 1 heterocycles. The minimum atomic E-state index is 0.0406. The van der Waals surface area contributed by atoms with Crippen LogP contribution in [0.2, 0.25) is 0 Å². The van der Waals surface area contributed by atoms with E-state index in [4.69, 9.17) is 0 Å². The van der Waals surface area contributed by atoms with E-state index < -0.39 is 0 Å². The van der Waals surface area contributed by atoms with E-state index in [-0.39, 0.29) is 11.7 Å². The van der Waals surface area contributed by atoms with E-state index in [1.165, 1.54) is 5.56 Å². The number of aromatic nitrogens is 2. The Bertz CT molecular complexity index is 520. The van der Waals surface area contributed by atoms with Gasteiger partial charge in [-0.25, -0.2) is 4.98 Å². The minimum absolute atomic E-state index is 0.0406. The zero-order valence-electron chi connectivity index (χ0n) is 10.6. The van der Waals surface area contributed by atoms with Crippen LogP contribution in [0.25, 0.3) is 0 Å². The maximum absolute atomic E-state index is 12.0. The zero-order valence-corrected chi connectivity index (χ0v) is 10.6. The minimum Gasteiger partial charge on any atom is -0.292 e. The lowest BCUT2D eigenvalue weighted by Crippen LogP contribution is -2.07. The molecule has 1 atom stereocenters. The highest BCUT2D eigenvalue weighted by molar-refractivity contribution is 5.94. The Hall–Kier alpha value is -2.03. The van der Waals surface area contributed by atoms with Gasteiger partial charge in [0.1, 0.15) is 5.69 Å². The van der Waals surface area contributed by atoms with Crippen molar-refractivity contribution in [3.63, 3.8) is 0 Å². The number of aryl methyl sites for hydroxylation is 1. The van der Waals surface area contributed by atoms with Crippen LogP contribution in [0.15, 0.2) is 42.7 Å². The zero-order chi connectivity index (χ0) is 13.0. The lowest BCUT2D eigenvalue weighted by atomic mass is 9.95. The maximum atomic E-state index is 12.0. The van der Waals surface area contributed by atoms with Gasteiger partial charge in [-0.05, 0) is 18.4 Å². The second kappa shape index (κ2) is 5.54. The lowest BCUT2D eigenvalue weighted by Gasteiger charge is -2.10. The normalized spacial score (nSPS) is 12.1. The van der Waals surface area contributed by atoms with Gasteiger partial charge >= 0.3 is 0 Å². The van der Waals surface area contributed by atoms with Crippen molar-refractivity contribution in [3.8, 4) is 0 Å². The molecule has 0 aliphatic carbocycles. The van der Waals surface area contributed by atoms with Crippen LogP contribution in [-0.4, -0.2) is 15.8 Å². The Morgan fingerprint density at radius 1 is 1.17 bits per heavy atom. The number of nitrogens with zero attached hydrogens (tertiary/aromatic N) is 2. The van der Waals surface area contributed by atoms with Crippen LogP contribution < -0.4 is 0 Å². The second-order valence-electron chi connectivity index (χ2n) is 4.48. The first-order valence-electron chi connectivity index (χ1n) is 6.03. The monoisotopic (exact) mass is 240 g/mol. The average Bonchev–Trinajstić information content (AvgIpc) is 2.40. The lowest BCUT2D eigenvalue weighted by molar-refractivity contribution is 0.0970. The molecule has 1 aromatic carbocycles. The molecule has 2 aromatic rings. The molecule has 3 nitrogen and oxygen atoms in total. The van der Waals surface area contributed by atoms with E-state index in [9.17, 15) is 4.79 Å². The molecule has 0 radical (unpaired) electrons. The standard InChI is InChI=1S/C15H16N2O/c1-11(13-6-4-3-5-7-13)8-15(18)14-10-16-12(2)9-17-14/h3-7,9-11H,8H2,1-2H3/t11-/m0/s1. The summed E-state index contributed by atoms with van der Waals surface area (Å²) in [6, 6.07) is 10.0. The number of ketones is 1. The SMILES string of the molecule is Cc1cnc(C(=O)C[C@H](C)c2ccccc2)cn1. The topological polar surface area (TPSA) is 42.9 Å². The van der Waals surface area contributed by atoms with Gasteiger partial charge in [0.15, 0.2) is 5.78 Å². The molecule has 3 heteroatoms. The van der Waals surface area contributed by atoms with Crippen LogP contribution in [0.1, 0.15) is 41.0 Å². The van der Waals surface area contributed by atoms with Gasteiger partial charge in [-0.2, -0.15) is 0 Å². The Kier molecular flexibility index (Phi) is 3.82. The molecule has 0 N–H and O–H groups in total. The van der Waals surface area contributed by atoms with Crippen molar-refractivity contribution in [1.29, 1.82) is 0 Å². The smallest absolute Gasteiger partial charge is 0.183 e. The van der Waals surface area contributed by atoms with E-state index in [0.717, 1.165) is 5.69 Å². The number of Topliss-reactive ketones (excluding diaryl/α,β-unsaturated/α-hetero) is 1. The largest absolute Gasteiger partial charge is 0.292 e. The third-order valence-electron chi connectivity index (χ3n) is 2.93. The molecule has 18 heavy (non-hydrogen) atoms. The van der Waals surface area contributed by atoms with Crippen molar-refractivity contribution < 1.29 is 4.79 Å². The van der Waals surface area contributed by atoms with E-state index in [0.29, 0.717) is 12.1 Å². The van der Waals surface area contributed by atoms with Gasteiger partial charge in [-0.1, -0.05) is 37.3 Å². The number of hydrogen-bond acceptors (Lipinski definition) is 3. The third kappa shape index (κ3) is 3.00. The average molecular weight is 240 g/mol. The number of rotatable bonds is 4. The van der Waals surface area contributed by atoms with Gasteiger partial charge in [0.05, 0.1) is 11.9 Å². The second-order valence-corrected chi connectivity index (χ2v) is 4.48. The highest BCUT2D eigenvalue weighted by Gasteiger charge is 2.14. The van der Waals surface area contributed by atoms with Crippen molar-refractivity contribution in [2.24, 2.45) is 0 Å². The fourth-order valence-electron chi connectivity index (χ4n) is 1.82. The van der Waals surface area contributed by atoms with Gasteiger partial charge in [0, 0.05) is 12.6 Å². The van der Waals surface area contributed by atoms with Crippen molar-refractivity contribution in [2.45, 2.75) is 26.2 Å². The van der Waals surface area contributed by atoms with Crippen molar-refractivity contribution >= 4 is 5.78 Å². The molecule has 92 valence electrons. The first-order valence-corrected chi connectivity index (χ1v) is 6.03. The van der Waals surface area contributed by atoms with Crippen molar-refractivity contribution in [2.75, 3.05) is 0 Å². The molecule has 0 amide bonds. The van der Waals surface area contributed by atoms with Crippen LogP contribution in [-0.2, 0) is 0 Å². The molecule has 0 unspecified atom stereocenters. The fraction of sp³-hybridized carbons (Fsp3) is 0.267. The Morgan fingerprint density at radius 3 is 2.50 bits per heavy atom. The van der Waals surface area contributed by atoms with Crippen LogP contribution in [0.3, 0.4) is 0 Å². The molecular formula is C15H16N2O. The summed E-state index contributed by atoms with van der Waals surface area (Å²) in [6.07, 6.45) is 3.64. The van der Waals surface area contributed by atoms with Crippen molar-refractivity contribution in [3.05, 3.63) is 59.7 Å². The van der Waals surface area contributed by atoms with Crippen molar-refractivity contribution in [1.82, 2.24) is 9.97 Å². The highest BCUT2D eigenvalue weighted by Crippen LogP contribution is 2.20. The van der Waals surface area contributed by atoms with E-state index in [1.807, 2.05) is 37.3 Å². The predicted octanol–water partition coefficient (Wildman–Crippen LogP) is 3.16. The third-order valence-corrected chi connectivity index (χ3v) is 2.93. The first kappa shape index (κ1) is 12.4. The molecule has 0 saturated heterocycles. The molecule has 0 spiro atoms. The van der Waals surface area contributed by atoms with Gasteiger partial charge in [-0.3, -0.25) is 9.78 Å². The molecular weight excluding hydrogens is 224 g/mol. The summed E-state index contributed by atoms with van der Waals surface area (Å²) in [5.74, 6) is 0.237. The molecule has 0 fully saturated rings. The summed E-state index contributed by atoms with van der Waals surface area (Å²) in [5, 5.41) is 0. The summed E-state index contributed by atoms with van der Waals surface area (Å²) in [6.45, 7) is 3.91. The summed E-state index contributed by atoms with van der Waals surface area (Å²) in [5.41, 5.74) is 2.44. The van der Waals surface area contributed by atoms with Gasteiger partial charge in [0.25, 0.3) is 0 Å². The van der Waals surface area contributed by atoms with Gasteiger partial charge in [-0.15, -0.1) is 0 Å². The highest BCUT2D eigenvalue weighted by atomic mass is 16.1. The van der Waals surface area contributed by atoms with Crippen LogP contribution in [0.5, 0.6) is 0 Å². The summed E-state index contributed by atoms with van der Waals surface area (Å²) >= 11 is 0. The maximum Gasteiger partial charge on any atom is 0.183 e. The van der Waals surface area contributed by atoms with Crippen LogP contribution in [0, 0.1) is 6.92 Å². The molecule has 2 rings (SSSR count). The fourth-order valence-corrected chi connectivity index (χ4v) is 1.82. The van der Waals surface area contributed by atoms with E-state index in [1.54, 1.807) is 12.4 Å². The molecule has 0 saturated carbocycles. The number of carbonyl (C=O) groups is 1. The first-order chi connectivity index (χ1) is 8.66. The molecule has 1 aromatic heterocycles. The Morgan fingerprint density at radius 2 is 1.89 bits per heavy atom. The van der Waals surface area contributed by atoms with E-state index in [2.05, 4.69) is 16.9 Å². The summed E-state index contributed by atoms with van der Waals surface area (Å²) < 4.78 is 0. The number of benzene rings is 1. The van der Waals surface area contributed by atoms with Crippen LogP contribution in [0.4, 0.5) is 0 Å². The summed E-state index contributed by atoms with van der Waals surface area (Å²) in [7, 11) is 0. The molecule has 0 aliphatic rings. The van der Waals surface area contributed by atoms with E-state index >= 15 is 0 Å². The van der Waals surface area contributed by atoms with Gasteiger partial charge < -0.3 is 0 Å². The molecule has 0 bridgehead atoms. The van der Waals surface area contributed by atoms with Crippen LogP contribution >= 0.6 is 0 Å². The number of carbonyl (C=O) groups excluding carboxylic acids is 1. The number of hydrogen-bond donors (Lipinski definition) is 0. The van der Waals surface area contributed by atoms with Gasteiger partial charge in [0.2, 0.25) is 0 Å². The molecule has 0 aliphatic heterocycles. The quantitative estimate of drug-likeness (QED) is 0.771. The Balaban J connectivity index is 2.06. The summed E-state index contributed by atoms with van der Waals surface area (Å²) in [4.78, 5) is 20.2.